The maximum absolute atomic E-state index is 12.5. The molecule has 1 radical (unpaired) electrons. The first-order valence-electron chi connectivity index (χ1n) is 7.76. The van der Waals surface area contributed by atoms with E-state index in [1.165, 1.54) is 13.8 Å². The Morgan fingerprint density at radius 3 is 1.23 bits per heavy atom. The van der Waals surface area contributed by atoms with Crippen molar-refractivity contribution in [1.29, 1.82) is 0 Å². The molecular weight excluding hydrogens is 371 g/mol. The number of hydrogen-bond donors (Lipinski definition) is 0. The van der Waals surface area contributed by atoms with Crippen LogP contribution in [0.3, 0.4) is 0 Å². The minimum atomic E-state index is -1.51. The van der Waals surface area contributed by atoms with Crippen LogP contribution in [-0.2, 0) is 32.9 Å². The van der Waals surface area contributed by atoms with Crippen LogP contribution in [0.5, 0.6) is 0 Å². The number of hydrogen-bond acceptors (Lipinski definition) is 5. The van der Waals surface area contributed by atoms with Gasteiger partial charge in [-0.1, -0.05) is 60.7 Å². The molecule has 5 nitrogen and oxygen atoms in total. The Bertz CT molecular complexity index is 719. The fourth-order valence-electron chi connectivity index (χ4n) is 2.33. The molecule has 0 N–H and O–H groups in total. The quantitative estimate of drug-likeness (QED) is 0.513. The van der Waals surface area contributed by atoms with Gasteiger partial charge >= 0.3 is 18.6 Å². The number of carbonyl (C=O) groups is 4. The molecule has 2 rings (SSSR count). The van der Waals surface area contributed by atoms with Crippen molar-refractivity contribution in [2.45, 2.75) is 26.1 Å². The molecule has 2 aromatic rings. The average molecular weight is 389 g/mol. The molecule has 0 amide bonds. The van der Waals surface area contributed by atoms with Gasteiger partial charge < -0.3 is 4.74 Å². The standard InChI is InChI=1S/C20H18O5.V/c1-13(21)19(17(23)15-9-5-3-6-10-15)25-20(14(2)22)18(24)16-11-7-4-8-12-16;/h3-12,19-20H,1-2H3;/q;+4. The van der Waals surface area contributed by atoms with E-state index in [2.05, 4.69) is 0 Å². The summed E-state index contributed by atoms with van der Waals surface area (Å²) in [6.07, 6.45) is -3.02. The molecule has 2 unspecified atom stereocenters. The van der Waals surface area contributed by atoms with E-state index in [1.807, 2.05) is 0 Å². The van der Waals surface area contributed by atoms with Gasteiger partial charge in [0.15, 0.2) is 35.3 Å². The van der Waals surface area contributed by atoms with Gasteiger partial charge in [-0.15, -0.1) is 0 Å². The maximum Gasteiger partial charge on any atom is 4.00 e. The third-order valence-electron chi connectivity index (χ3n) is 3.60. The van der Waals surface area contributed by atoms with Gasteiger partial charge in [0.05, 0.1) is 0 Å². The largest absolute Gasteiger partial charge is 4.00 e. The van der Waals surface area contributed by atoms with Crippen molar-refractivity contribution in [3.63, 3.8) is 0 Å². The second-order valence-corrected chi connectivity index (χ2v) is 5.58. The molecule has 6 heteroatoms. The third kappa shape index (κ3) is 5.33. The van der Waals surface area contributed by atoms with Gasteiger partial charge in [-0.2, -0.15) is 0 Å². The SMILES string of the molecule is CC(=O)C(OC(C(C)=O)C(=O)c1ccccc1)C(=O)c1ccccc1.[V+4]. The molecule has 0 aromatic heterocycles. The summed E-state index contributed by atoms with van der Waals surface area (Å²) in [6.45, 7) is 2.38. The third-order valence-corrected chi connectivity index (χ3v) is 3.60. The van der Waals surface area contributed by atoms with E-state index in [1.54, 1.807) is 60.7 Å². The van der Waals surface area contributed by atoms with Gasteiger partial charge in [-0.3, -0.25) is 19.2 Å². The minimum Gasteiger partial charge on any atom is -0.343 e. The second-order valence-electron chi connectivity index (χ2n) is 5.58. The van der Waals surface area contributed by atoms with Gasteiger partial charge in [0.1, 0.15) is 0 Å². The number of Topliss-reactive ketones (excluding diaryl/α,β-unsaturated/α-hetero) is 4. The molecule has 0 spiro atoms. The zero-order valence-corrected chi connectivity index (χ0v) is 15.8. The Morgan fingerprint density at radius 1 is 0.654 bits per heavy atom. The molecule has 0 aliphatic heterocycles. The summed E-state index contributed by atoms with van der Waals surface area (Å²) in [4.78, 5) is 48.9. The van der Waals surface area contributed by atoms with Gasteiger partial charge in [0, 0.05) is 11.1 Å². The Hall–Kier alpha value is -2.34. The van der Waals surface area contributed by atoms with Gasteiger partial charge in [0.25, 0.3) is 0 Å². The molecule has 0 bridgehead atoms. The molecule has 0 fully saturated rings. The van der Waals surface area contributed by atoms with E-state index in [4.69, 9.17) is 4.74 Å². The number of ketones is 4. The molecule has 2 aromatic carbocycles. The Kier molecular flexibility index (Phi) is 8.32. The van der Waals surface area contributed by atoms with Crippen LogP contribution in [0.2, 0.25) is 0 Å². The summed E-state index contributed by atoms with van der Waals surface area (Å²) < 4.78 is 5.41. The first-order chi connectivity index (χ1) is 11.9. The Morgan fingerprint density at radius 2 is 0.962 bits per heavy atom. The van der Waals surface area contributed by atoms with Crippen LogP contribution in [0, 0.1) is 0 Å². The topological polar surface area (TPSA) is 77.5 Å². The van der Waals surface area contributed by atoms with Crippen molar-refractivity contribution in [3.05, 3.63) is 71.8 Å². The number of benzene rings is 2. The molecule has 0 heterocycles. The first-order valence-corrected chi connectivity index (χ1v) is 7.76. The molecular formula is C20H18O5V+4. The van der Waals surface area contributed by atoms with Crippen molar-refractivity contribution in [2.24, 2.45) is 0 Å². The van der Waals surface area contributed by atoms with E-state index < -0.39 is 35.3 Å². The van der Waals surface area contributed by atoms with Crippen molar-refractivity contribution in [2.75, 3.05) is 0 Å². The van der Waals surface area contributed by atoms with Crippen LogP contribution in [0.4, 0.5) is 0 Å². The fourth-order valence-corrected chi connectivity index (χ4v) is 2.33. The summed E-state index contributed by atoms with van der Waals surface area (Å²) in [6, 6.07) is 16.3. The molecule has 129 valence electrons. The Balaban J connectivity index is 0.00000338. The van der Waals surface area contributed by atoms with E-state index in [0.29, 0.717) is 0 Å². The molecule has 0 saturated carbocycles. The molecule has 26 heavy (non-hydrogen) atoms. The van der Waals surface area contributed by atoms with Crippen molar-refractivity contribution in [3.8, 4) is 0 Å². The van der Waals surface area contributed by atoms with Crippen LogP contribution in [-0.4, -0.2) is 35.3 Å². The molecule has 0 aliphatic rings. The van der Waals surface area contributed by atoms with Crippen molar-refractivity contribution >= 4 is 23.1 Å². The van der Waals surface area contributed by atoms with E-state index in [9.17, 15) is 19.2 Å². The summed E-state index contributed by atoms with van der Waals surface area (Å²) in [5, 5.41) is 0. The monoisotopic (exact) mass is 389 g/mol. The van der Waals surface area contributed by atoms with Crippen LogP contribution in [0.1, 0.15) is 34.6 Å². The van der Waals surface area contributed by atoms with Crippen LogP contribution >= 0.6 is 0 Å². The zero-order chi connectivity index (χ0) is 18.4. The van der Waals surface area contributed by atoms with Gasteiger partial charge in [0.2, 0.25) is 0 Å². The zero-order valence-electron chi connectivity index (χ0n) is 14.4. The minimum absolute atomic E-state index is 0. The molecule has 2 atom stereocenters. The predicted octanol–water partition coefficient (Wildman–Crippen LogP) is 2.68. The summed E-state index contributed by atoms with van der Waals surface area (Å²) >= 11 is 0. The number of rotatable bonds is 8. The fraction of sp³-hybridized carbons (Fsp3) is 0.200. The van der Waals surface area contributed by atoms with E-state index in [0.717, 1.165) is 0 Å². The second kappa shape index (κ2) is 9.97. The first kappa shape index (κ1) is 21.7. The van der Waals surface area contributed by atoms with Crippen LogP contribution in [0.15, 0.2) is 60.7 Å². The van der Waals surface area contributed by atoms with E-state index in [-0.39, 0.29) is 29.7 Å². The van der Waals surface area contributed by atoms with Gasteiger partial charge in [-0.25, -0.2) is 0 Å². The maximum atomic E-state index is 12.5. The van der Waals surface area contributed by atoms with Crippen molar-refractivity contribution in [1.82, 2.24) is 0 Å². The van der Waals surface area contributed by atoms with Crippen molar-refractivity contribution < 1.29 is 42.5 Å². The molecule has 0 saturated heterocycles. The smallest absolute Gasteiger partial charge is 0.343 e. The predicted molar refractivity (Wildman–Crippen MR) is 91.6 cm³/mol. The summed E-state index contributed by atoms with van der Waals surface area (Å²) in [5.41, 5.74) is 0.550. The summed E-state index contributed by atoms with van der Waals surface area (Å²) in [5.74, 6) is -2.30. The van der Waals surface area contributed by atoms with Gasteiger partial charge in [-0.05, 0) is 13.8 Å². The van der Waals surface area contributed by atoms with Crippen LogP contribution < -0.4 is 0 Å². The Labute approximate surface area is 163 Å². The normalized spacial score (nSPS) is 12.4. The average Bonchev–Trinajstić information content (AvgIpc) is 2.62. The number of ether oxygens (including phenoxy) is 1. The van der Waals surface area contributed by atoms with E-state index >= 15 is 0 Å². The number of carbonyl (C=O) groups excluding carboxylic acids is 4. The molecule has 0 aliphatic carbocycles. The summed E-state index contributed by atoms with van der Waals surface area (Å²) in [7, 11) is 0. The van der Waals surface area contributed by atoms with Crippen LogP contribution in [0.25, 0.3) is 0 Å².